The van der Waals surface area contributed by atoms with Gasteiger partial charge in [0, 0.05) is 37.1 Å². The zero-order valence-corrected chi connectivity index (χ0v) is 13.1. The minimum atomic E-state index is -0.104. The van der Waals surface area contributed by atoms with Gasteiger partial charge < -0.3 is 10.2 Å². The normalized spacial score (nSPS) is 15.8. The number of hydrogen-bond donors (Lipinski definition) is 2. The third-order valence-electron chi connectivity index (χ3n) is 3.73. The lowest BCUT2D eigenvalue weighted by Gasteiger charge is -2.33. The summed E-state index contributed by atoms with van der Waals surface area (Å²) < 4.78 is 0. The van der Waals surface area contributed by atoms with Crippen LogP contribution in [0.25, 0.3) is 0 Å². The van der Waals surface area contributed by atoms with Crippen molar-refractivity contribution < 1.29 is 0 Å². The lowest BCUT2D eigenvalue weighted by molar-refractivity contribution is 0.518. The largest absolute Gasteiger partial charge is 0.367 e. The zero-order valence-electron chi connectivity index (χ0n) is 12.3. The zero-order chi connectivity index (χ0) is 15.5. The third kappa shape index (κ3) is 3.57. The maximum Gasteiger partial charge on any atom is 0.252 e. The van der Waals surface area contributed by atoms with E-state index in [2.05, 4.69) is 25.2 Å². The number of H-pyrrole nitrogens is 1. The number of piperidine rings is 1. The second kappa shape index (κ2) is 6.36. The van der Waals surface area contributed by atoms with E-state index in [0.29, 0.717) is 17.0 Å². The minimum Gasteiger partial charge on any atom is -0.367 e. The Morgan fingerprint density at radius 1 is 1.36 bits per heavy atom. The first-order valence-electron chi connectivity index (χ1n) is 7.31. The molecule has 1 aliphatic rings. The van der Waals surface area contributed by atoms with Crippen LogP contribution in [0.4, 0.5) is 11.8 Å². The van der Waals surface area contributed by atoms with E-state index in [0.717, 1.165) is 37.4 Å². The molecule has 0 atom stereocenters. The number of aromatic nitrogens is 3. The Bertz CT molecular complexity index is 692. The van der Waals surface area contributed by atoms with Gasteiger partial charge in [0.05, 0.1) is 5.02 Å². The third-order valence-corrected chi connectivity index (χ3v) is 3.95. The van der Waals surface area contributed by atoms with Crippen molar-refractivity contribution in [3.63, 3.8) is 0 Å². The molecule has 0 radical (unpaired) electrons. The van der Waals surface area contributed by atoms with Crippen molar-refractivity contribution in [1.29, 1.82) is 0 Å². The van der Waals surface area contributed by atoms with Crippen LogP contribution in [0.5, 0.6) is 0 Å². The van der Waals surface area contributed by atoms with Crippen LogP contribution in [0.3, 0.4) is 0 Å². The maximum atomic E-state index is 11.5. The summed E-state index contributed by atoms with van der Waals surface area (Å²) in [7, 11) is 0. The minimum absolute atomic E-state index is 0.104. The van der Waals surface area contributed by atoms with Crippen LogP contribution in [0.2, 0.25) is 5.02 Å². The number of pyridine rings is 1. The SMILES string of the molecule is Cc1cc(=O)[nH]c(N2CCC(Nc3ccc(Cl)cn3)CC2)n1. The van der Waals surface area contributed by atoms with Gasteiger partial charge >= 0.3 is 0 Å². The second-order valence-electron chi connectivity index (χ2n) is 5.48. The number of hydrogen-bond acceptors (Lipinski definition) is 5. The smallest absolute Gasteiger partial charge is 0.252 e. The Labute approximate surface area is 133 Å². The summed E-state index contributed by atoms with van der Waals surface area (Å²) in [6.45, 7) is 3.52. The van der Waals surface area contributed by atoms with E-state index < -0.39 is 0 Å². The molecule has 6 nitrogen and oxygen atoms in total. The predicted octanol–water partition coefficient (Wildman–Crippen LogP) is 2.21. The summed E-state index contributed by atoms with van der Waals surface area (Å²) >= 11 is 5.83. The van der Waals surface area contributed by atoms with Crippen molar-refractivity contribution in [2.24, 2.45) is 0 Å². The van der Waals surface area contributed by atoms with Gasteiger partial charge in [0.25, 0.3) is 5.56 Å². The highest BCUT2D eigenvalue weighted by Gasteiger charge is 2.21. The molecule has 0 amide bonds. The lowest BCUT2D eigenvalue weighted by Crippen LogP contribution is -2.40. The van der Waals surface area contributed by atoms with Crippen LogP contribution in [-0.4, -0.2) is 34.1 Å². The number of aromatic amines is 1. The second-order valence-corrected chi connectivity index (χ2v) is 5.91. The first-order valence-corrected chi connectivity index (χ1v) is 7.69. The summed E-state index contributed by atoms with van der Waals surface area (Å²) in [5, 5.41) is 4.05. The van der Waals surface area contributed by atoms with Crippen LogP contribution in [-0.2, 0) is 0 Å². The Morgan fingerprint density at radius 3 is 2.77 bits per heavy atom. The van der Waals surface area contributed by atoms with E-state index in [9.17, 15) is 4.79 Å². The summed E-state index contributed by atoms with van der Waals surface area (Å²) in [6, 6.07) is 5.58. The van der Waals surface area contributed by atoms with Crippen LogP contribution in [0, 0.1) is 6.92 Å². The molecule has 1 saturated heterocycles. The van der Waals surface area contributed by atoms with Gasteiger partial charge in [-0.3, -0.25) is 9.78 Å². The van der Waals surface area contributed by atoms with Crippen LogP contribution in [0.1, 0.15) is 18.5 Å². The van der Waals surface area contributed by atoms with E-state index in [-0.39, 0.29) is 5.56 Å². The fourth-order valence-electron chi connectivity index (χ4n) is 2.62. The highest BCUT2D eigenvalue weighted by atomic mass is 35.5. The molecule has 3 heterocycles. The Kier molecular flexibility index (Phi) is 4.29. The molecule has 0 aromatic carbocycles. The number of nitrogens with one attached hydrogen (secondary N) is 2. The summed E-state index contributed by atoms with van der Waals surface area (Å²) in [4.78, 5) is 25.1. The van der Waals surface area contributed by atoms with Gasteiger partial charge in [-0.15, -0.1) is 0 Å². The van der Waals surface area contributed by atoms with E-state index in [1.165, 1.54) is 6.07 Å². The quantitative estimate of drug-likeness (QED) is 0.907. The number of halogens is 1. The molecule has 0 spiro atoms. The number of anilines is 2. The van der Waals surface area contributed by atoms with Crippen molar-refractivity contribution in [3.8, 4) is 0 Å². The van der Waals surface area contributed by atoms with Gasteiger partial charge in [0.15, 0.2) is 0 Å². The standard InChI is InChI=1S/C15H18ClN5O/c1-10-8-14(22)20-15(18-10)21-6-4-12(5-7-21)19-13-3-2-11(16)9-17-13/h2-3,8-9,12H,4-7H2,1H3,(H,17,19)(H,18,20,22). The molecule has 1 aliphatic heterocycles. The maximum absolute atomic E-state index is 11.5. The highest BCUT2D eigenvalue weighted by molar-refractivity contribution is 6.30. The molecule has 22 heavy (non-hydrogen) atoms. The van der Waals surface area contributed by atoms with Crippen molar-refractivity contribution in [2.75, 3.05) is 23.3 Å². The molecule has 0 aliphatic carbocycles. The average Bonchev–Trinajstić information content (AvgIpc) is 2.49. The molecular weight excluding hydrogens is 302 g/mol. The molecule has 2 N–H and O–H groups in total. The first kappa shape index (κ1) is 14.8. The van der Waals surface area contributed by atoms with Gasteiger partial charge in [-0.25, -0.2) is 9.97 Å². The summed E-state index contributed by atoms with van der Waals surface area (Å²) in [6.07, 6.45) is 3.56. The fraction of sp³-hybridized carbons (Fsp3) is 0.400. The Balaban J connectivity index is 1.60. The fourth-order valence-corrected chi connectivity index (χ4v) is 2.73. The molecule has 1 fully saturated rings. The lowest BCUT2D eigenvalue weighted by atomic mass is 10.1. The molecular formula is C15H18ClN5O. The molecule has 2 aromatic heterocycles. The average molecular weight is 320 g/mol. The number of aryl methyl sites for hydroxylation is 1. The molecule has 0 saturated carbocycles. The summed E-state index contributed by atoms with van der Waals surface area (Å²) in [5.74, 6) is 1.50. The molecule has 7 heteroatoms. The van der Waals surface area contributed by atoms with E-state index in [1.54, 1.807) is 6.20 Å². The van der Waals surface area contributed by atoms with Crippen LogP contribution >= 0.6 is 11.6 Å². The van der Waals surface area contributed by atoms with E-state index in [4.69, 9.17) is 11.6 Å². The van der Waals surface area contributed by atoms with Crippen LogP contribution < -0.4 is 15.8 Å². The van der Waals surface area contributed by atoms with E-state index >= 15 is 0 Å². The monoisotopic (exact) mass is 319 g/mol. The number of rotatable bonds is 3. The van der Waals surface area contributed by atoms with E-state index in [1.807, 2.05) is 19.1 Å². The summed E-state index contributed by atoms with van der Waals surface area (Å²) in [5.41, 5.74) is 0.637. The molecule has 2 aromatic rings. The van der Waals surface area contributed by atoms with Crippen molar-refractivity contribution in [3.05, 3.63) is 45.5 Å². The van der Waals surface area contributed by atoms with Gasteiger partial charge in [-0.05, 0) is 31.9 Å². The molecule has 0 unspecified atom stereocenters. The predicted molar refractivity (Wildman–Crippen MR) is 87.7 cm³/mol. The molecule has 0 bridgehead atoms. The van der Waals surface area contributed by atoms with Gasteiger partial charge in [-0.1, -0.05) is 11.6 Å². The van der Waals surface area contributed by atoms with Crippen molar-refractivity contribution >= 4 is 23.4 Å². The van der Waals surface area contributed by atoms with Gasteiger partial charge in [-0.2, -0.15) is 0 Å². The Morgan fingerprint density at radius 2 is 2.14 bits per heavy atom. The highest BCUT2D eigenvalue weighted by Crippen LogP contribution is 2.19. The number of nitrogens with zero attached hydrogens (tertiary/aromatic N) is 3. The van der Waals surface area contributed by atoms with Crippen molar-refractivity contribution in [1.82, 2.24) is 15.0 Å². The molecule has 116 valence electrons. The van der Waals surface area contributed by atoms with Crippen molar-refractivity contribution in [2.45, 2.75) is 25.8 Å². The van der Waals surface area contributed by atoms with Crippen LogP contribution in [0.15, 0.2) is 29.2 Å². The Hall–Kier alpha value is -2.08. The first-order chi connectivity index (χ1) is 10.6. The van der Waals surface area contributed by atoms with Gasteiger partial charge in [0.2, 0.25) is 5.95 Å². The molecule has 3 rings (SSSR count). The topological polar surface area (TPSA) is 73.9 Å². The van der Waals surface area contributed by atoms with Gasteiger partial charge in [0.1, 0.15) is 5.82 Å².